The highest BCUT2D eigenvalue weighted by atomic mass is 32.1. The van der Waals surface area contributed by atoms with Crippen LogP contribution in [0.4, 0.5) is 5.69 Å². The van der Waals surface area contributed by atoms with Crippen molar-refractivity contribution >= 4 is 28.9 Å². The minimum Gasteiger partial charge on any atom is -0.484 e. The zero-order valence-corrected chi connectivity index (χ0v) is 15.5. The quantitative estimate of drug-likeness (QED) is 0.566. The number of hydrogen-bond acceptors (Lipinski definition) is 3. The summed E-state index contributed by atoms with van der Waals surface area (Å²) in [6.07, 6.45) is 0.986. The SMILES string of the molecule is CCc1ccc(NC(=S)NNC(=O)COc2cc(C)cc(C)c2)cc1. The van der Waals surface area contributed by atoms with Crippen LogP contribution in [0.3, 0.4) is 0 Å². The molecule has 0 saturated heterocycles. The summed E-state index contributed by atoms with van der Waals surface area (Å²) in [6.45, 7) is 5.98. The summed E-state index contributed by atoms with van der Waals surface area (Å²) in [5, 5.41) is 3.31. The topological polar surface area (TPSA) is 62.4 Å². The molecule has 0 aliphatic rings. The van der Waals surface area contributed by atoms with Gasteiger partial charge in [-0.05, 0) is 73.4 Å². The summed E-state index contributed by atoms with van der Waals surface area (Å²) >= 11 is 5.15. The van der Waals surface area contributed by atoms with Crippen molar-refractivity contribution in [2.75, 3.05) is 11.9 Å². The van der Waals surface area contributed by atoms with E-state index < -0.39 is 0 Å². The number of carbonyl (C=O) groups excluding carboxylic acids is 1. The summed E-state index contributed by atoms with van der Waals surface area (Å²) in [5.41, 5.74) is 9.46. The fraction of sp³-hybridized carbons (Fsp3) is 0.263. The van der Waals surface area contributed by atoms with Crippen LogP contribution >= 0.6 is 12.2 Å². The van der Waals surface area contributed by atoms with Crippen molar-refractivity contribution in [2.24, 2.45) is 0 Å². The Labute approximate surface area is 153 Å². The maximum absolute atomic E-state index is 11.8. The molecule has 0 aliphatic carbocycles. The maximum Gasteiger partial charge on any atom is 0.276 e. The molecule has 25 heavy (non-hydrogen) atoms. The van der Waals surface area contributed by atoms with E-state index in [1.54, 1.807) is 0 Å². The molecule has 0 aromatic heterocycles. The Balaban J connectivity index is 1.74. The molecule has 0 unspecified atom stereocenters. The standard InChI is InChI=1S/C19H23N3O2S/c1-4-15-5-7-16(8-6-15)20-19(25)22-21-18(23)12-24-17-10-13(2)9-14(3)11-17/h5-11H,4,12H2,1-3H3,(H,21,23)(H2,20,22,25). The lowest BCUT2D eigenvalue weighted by Crippen LogP contribution is -2.45. The van der Waals surface area contributed by atoms with E-state index in [4.69, 9.17) is 17.0 Å². The molecule has 2 rings (SSSR count). The molecule has 0 saturated carbocycles. The van der Waals surface area contributed by atoms with Gasteiger partial charge in [0.15, 0.2) is 11.7 Å². The van der Waals surface area contributed by atoms with Gasteiger partial charge in [0, 0.05) is 5.69 Å². The van der Waals surface area contributed by atoms with Crippen molar-refractivity contribution in [1.29, 1.82) is 0 Å². The Morgan fingerprint density at radius 1 is 1.04 bits per heavy atom. The number of rotatable bonds is 5. The second-order valence-electron chi connectivity index (χ2n) is 5.79. The van der Waals surface area contributed by atoms with E-state index in [0.717, 1.165) is 23.2 Å². The first-order valence-electron chi connectivity index (χ1n) is 8.12. The predicted molar refractivity (Wildman–Crippen MR) is 105 cm³/mol. The Bertz CT molecular complexity index is 725. The maximum atomic E-state index is 11.8. The van der Waals surface area contributed by atoms with Crippen molar-refractivity contribution in [2.45, 2.75) is 27.2 Å². The van der Waals surface area contributed by atoms with Crippen LogP contribution in [-0.4, -0.2) is 17.6 Å². The number of amides is 1. The molecule has 0 radical (unpaired) electrons. The highest BCUT2D eigenvalue weighted by Gasteiger charge is 2.05. The van der Waals surface area contributed by atoms with Crippen molar-refractivity contribution in [3.63, 3.8) is 0 Å². The third-order valence-corrected chi connectivity index (χ3v) is 3.70. The average molecular weight is 357 g/mol. The molecular formula is C19H23N3O2S. The normalized spacial score (nSPS) is 10.0. The molecule has 6 heteroatoms. The average Bonchev–Trinajstić information content (AvgIpc) is 2.58. The van der Waals surface area contributed by atoms with Gasteiger partial charge in [-0.15, -0.1) is 0 Å². The largest absolute Gasteiger partial charge is 0.484 e. The number of aryl methyl sites for hydroxylation is 3. The van der Waals surface area contributed by atoms with Gasteiger partial charge >= 0.3 is 0 Å². The molecule has 0 spiro atoms. The number of carbonyl (C=O) groups is 1. The summed E-state index contributed by atoms with van der Waals surface area (Å²) in [7, 11) is 0. The van der Waals surface area contributed by atoms with Crippen LogP contribution in [-0.2, 0) is 11.2 Å². The fourth-order valence-electron chi connectivity index (χ4n) is 2.31. The lowest BCUT2D eigenvalue weighted by atomic mass is 10.1. The molecule has 0 heterocycles. The molecular weight excluding hydrogens is 334 g/mol. The second kappa shape index (κ2) is 9.03. The van der Waals surface area contributed by atoms with Gasteiger partial charge in [-0.3, -0.25) is 15.6 Å². The number of hydrogen-bond donors (Lipinski definition) is 3. The monoisotopic (exact) mass is 357 g/mol. The van der Waals surface area contributed by atoms with Gasteiger partial charge in [0.2, 0.25) is 0 Å². The Kier molecular flexibility index (Phi) is 6.77. The van der Waals surface area contributed by atoms with E-state index in [-0.39, 0.29) is 12.5 Å². The van der Waals surface area contributed by atoms with Gasteiger partial charge in [-0.2, -0.15) is 0 Å². The van der Waals surface area contributed by atoms with Gasteiger partial charge in [-0.1, -0.05) is 25.1 Å². The van der Waals surface area contributed by atoms with Crippen molar-refractivity contribution < 1.29 is 9.53 Å². The molecule has 1 amide bonds. The van der Waals surface area contributed by atoms with Crippen molar-refractivity contribution in [3.8, 4) is 5.75 Å². The lowest BCUT2D eigenvalue weighted by Gasteiger charge is -2.12. The van der Waals surface area contributed by atoms with Crippen LogP contribution < -0.4 is 20.9 Å². The van der Waals surface area contributed by atoms with E-state index in [0.29, 0.717) is 10.9 Å². The number of benzene rings is 2. The molecule has 2 aromatic rings. The number of ether oxygens (including phenoxy) is 1. The van der Waals surface area contributed by atoms with Gasteiger partial charge in [0.1, 0.15) is 5.75 Å². The Morgan fingerprint density at radius 3 is 2.28 bits per heavy atom. The van der Waals surface area contributed by atoms with Gasteiger partial charge in [0.25, 0.3) is 5.91 Å². The van der Waals surface area contributed by atoms with E-state index in [1.165, 1.54) is 5.56 Å². The third kappa shape index (κ3) is 6.43. The first-order valence-corrected chi connectivity index (χ1v) is 8.53. The van der Waals surface area contributed by atoms with E-state index >= 15 is 0 Å². The minimum atomic E-state index is -0.315. The van der Waals surface area contributed by atoms with Crippen molar-refractivity contribution in [3.05, 3.63) is 59.2 Å². The summed E-state index contributed by atoms with van der Waals surface area (Å²) in [6, 6.07) is 13.8. The first-order chi connectivity index (χ1) is 12.0. The number of anilines is 1. The van der Waals surface area contributed by atoms with Crippen LogP contribution in [0.5, 0.6) is 5.75 Å². The molecule has 0 fully saturated rings. The van der Waals surface area contributed by atoms with E-state index in [1.807, 2.05) is 56.3 Å². The summed E-state index contributed by atoms with van der Waals surface area (Å²) in [4.78, 5) is 11.8. The highest BCUT2D eigenvalue weighted by Crippen LogP contribution is 2.15. The summed E-state index contributed by atoms with van der Waals surface area (Å²) in [5.74, 6) is 0.356. The molecule has 2 aromatic carbocycles. The molecule has 0 bridgehead atoms. The van der Waals surface area contributed by atoms with Gasteiger partial charge in [-0.25, -0.2) is 0 Å². The zero-order valence-electron chi connectivity index (χ0n) is 14.7. The van der Waals surface area contributed by atoms with Crippen LogP contribution in [0.25, 0.3) is 0 Å². The van der Waals surface area contributed by atoms with Crippen LogP contribution in [0.15, 0.2) is 42.5 Å². The van der Waals surface area contributed by atoms with Crippen LogP contribution in [0.2, 0.25) is 0 Å². The first kappa shape index (κ1) is 18.7. The van der Waals surface area contributed by atoms with E-state index in [9.17, 15) is 4.79 Å². The number of hydrazine groups is 1. The lowest BCUT2D eigenvalue weighted by molar-refractivity contribution is -0.123. The van der Waals surface area contributed by atoms with Crippen molar-refractivity contribution in [1.82, 2.24) is 10.9 Å². The molecule has 3 N–H and O–H groups in total. The fourth-order valence-corrected chi connectivity index (χ4v) is 2.48. The number of nitrogens with one attached hydrogen (secondary N) is 3. The molecule has 132 valence electrons. The third-order valence-electron chi connectivity index (χ3n) is 3.50. The van der Waals surface area contributed by atoms with Gasteiger partial charge in [0.05, 0.1) is 0 Å². The molecule has 0 atom stereocenters. The second-order valence-corrected chi connectivity index (χ2v) is 6.20. The van der Waals surface area contributed by atoms with Crippen LogP contribution in [0, 0.1) is 13.8 Å². The number of thiocarbonyl (C=S) groups is 1. The van der Waals surface area contributed by atoms with Gasteiger partial charge < -0.3 is 10.1 Å². The zero-order chi connectivity index (χ0) is 18.2. The smallest absolute Gasteiger partial charge is 0.276 e. The van der Waals surface area contributed by atoms with Crippen LogP contribution in [0.1, 0.15) is 23.6 Å². The molecule has 0 aliphatic heterocycles. The minimum absolute atomic E-state index is 0.0935. The Hall–Kier alpha value is -2.60. The molecule has 5 nitrogen and oxygen atoms in total. The van der Waals surface area contributed by atoms with E-state index in [2.05, 4.69) is 23.1 Å². The predicted octanol–water partition coefficient (Wildman–Crippen LogP) is 3.26. The Morgan fingerprint density at radius 2 is 1.68 bits per heavy atom. The highest BCUT2D eigenvalue weighted by molar-refractivity contribution is 7.80. The summed E-state index contributed by atoms with van der Waals surface area (Å²) < 4.78 is 5.49.